The zero-order valence-electron chi connectivity index (χ0n) is 7.28. The van der Waals surface area contributed by atoms with Gasteiger partial charge in [0.15, 0.2) is 0 Å². The Kier molecular flexibility index (Phi) is 3.26. The van der Waals surface area contributed by atoms with Gasteiger partial charge < -0.3 is 4.90 Å². The molecule has 0 aliphatic carbocycles. The van der Waals surface area contributed by atoms with Gasteiger partial charge in [0.05, 0.1) is 28.2 Å². The van der Waals surface area contributed by atoms with E-state index >= 15 is 0 Å². The summed E-state index contributed by atoms with van der Waals surface area (Å²) in [5, 5.41) is 0.781. The first-order valence-corrected chi connectivity index (χ1v) is 6.09. The third-order valence-electron chi connectivity index (χ3n) is 1.79. The molecule has 1 aromatic rings. The minimum absolute atomic E-state index is 0.751. The van der Waals surface area contributed by atoms with Gasteiger partial charge in [-0.1, -0.05) is 11.6 Å². The van der Waals surface area contributed by atoms with Gasteiger partial charge in [0.25, 0.3) is 0 Å². The maximum absolute atomic E-state index is 5.88. The third kappa shape index (κ3) is 2.59. The van der Waals surface area contributed by atoms with E-state index in [9.17, 15) is 0 Å². The van der Waals surface area contributed by atoms with Gasteiger partial charge in [-0.25, -0.2) is 4.99 Å². The predicted molar refractivity (Wildman–Crippen MR) is 64.9 cm³/mol. The van der Waals surface area contributed by atoms with Crippen molar-refractivity contribution in [3.05, 3.63) is 32.0 Å². The Labute approximate surface area is 100 Å². The van der Waals surface area contributed by atoms with Gasteiger partial charge in [0, 0.05) is 11.1 Å². The average Bonchev–Trinajstić information content (AvgIpc) is 2.51. The first-order chi connectivity index (χ1) is 6.74. The largest absolute Gasteiger partial charge is 0.352 e. The Morgan fingerprint density at radius 1 is 1.57 bits per heavy atom. The summed E-state index contributed by atoms with van der Waals surface area (Å²) in [4.78, 5) is 7.43. The molecule has 0 aromatic carbocycles. The van der Waals surface area contributed by atoms with Crippen molar-refractivity contribution in [3.8, 4) is 0 Å². The molecule has 14 heavy (non-hydrogen) atoms. The molecule has 0 N–H and O–H groups in total. The number of hydrogen-bond acceptors (Lipinski definition) is 3. The molecule has 74 valence electrons. The van der Waals surface area contributed by atoms with Crippen molar-refractivity contribution in [1.29, 1.82) is 0 Å². The molecule has 0 radical (unpaired) electrons. The van der Waals surface area contributed by atoms with Gasteiger partial charge in [-0.2, -0.15) is 0 Å². The fraction of sp³-hybridized carbons (Fsp3) is 0.222. The van der Waals surface area contributed by atoms with Gasteiger partial charge in [0.2, 0.25) is 0 Å². The molecule has 2 heterocycles. The molecular formula is C9H8BrClN2S. The summed E-state index contributed by atoms with van der Waals surface area (Å²) in [6.07, 6.45) is 3.50. The van der Waals surface area contributed by atoms with Crippen molar-refractivity contribution in [3.63, 3.8) is 0 Å². The van der Waals surface area contributed by atoms with Gasteiger partial charge in [0.1, 0.15) is 0 Å². The van der Waals surface area contributed by atoms with E-state index in [0.29, 0.717) is 0 Å². The Hall–Kier alpha value is -0.320. The van der Waals surface area contributed by atoms with Crippen LogP contribution in [0, 0.1) is 0 Å². The molecule has 1 aliphatic rings. The molecule has 0 fully saturated rings. The maximum atomic E-state index is 5.88. The number of rotatable bonds is 2. The van der Waals surface area contributed by atoms with Gasteiger partial charge in [-0.3, -0.25) is 0 Å². The summed E-state index contributed by atoms with van der Waals surface area (Å²) in [6.45, 7) is 1.62. The number of aliphatic imine (C=N–C) groups is 1. The van der Waals surface area contributed by atoms with E-state index < -0.39 is 0 Å². The van der Waals surface area contributed by atoms with Crippen LogP contribution >= 0.6 is 38.9 Å². The van der Waals surface area contributed by atoms with Crippen molar-refractivity contribution in [2.45, 2.75) is 6.54 Å². The lowest BCUT2D eigenvalue weighted by atomic mass is 10.4. The van der Waals surface area contributed by atoms with Crippen LogP contribution in [-0.4, -0.2) is 17.8 Å². The number of thiophene rings is 1. The second-order valence-electron chi connectivity index (χ2n) is 2.95. The van der Waals surface area contributed by atoms with Crippen LogP contribution in [0.5, 0.6) is 0 Å². The molecule has 2 rings (SSSR count). The maximum Gasteiger partial charge on any atom is 0.0912 e. The highest BCUT2D eigenvalue weighted by Gasteiger charge is 2.08. The van der Waals surface area contributed by atoms with Crippen LogP contribution in [0.1, 0.15) is 4.88 Å². The SMILES string of the molecule is ClC1=CN=CN(Cc2ccc(Br)s2)C1. The molecule has 0 spiro atoms. The molecular weight excluding hydrogens is 284 g/mol. The van der Waals surface area contributed by atoms with E-state index in [-0.39, 0.29) is 0 Å². The minimum Gasteiger partial charge on any atom is -0.352 e. The summed E-state index contributed by atoms with van der Waals surface area (Å²) in [5.41, 5.74) is 0. The topological polar surface area (TPSA) is 15.6 Å². The van der Waals surface area contributed by atoms with E-state index in [1.807, 2.05) is 6.34 Å². The molecule has 0 unspecified atom stereocenters. The van der Waals surface area contributed by atoms with Crippen molar-refractivity contribution in [1.82, 2.24) is 4.90 Å². The Balaban J connectivity index is 1.99. The minimum atomic E-state index is 0.751. The molecule has 0 amide bonds. The molecule has 2 nitrogen and oxygen atoms in total. The van der Waals surface area contributed by atoms with Crippen molar-refractivity contribution in [2.75, 3.05) is 6.54 Å². The van der Waals surface area contributed by atoms with Crippen LogP contribution in [-0.2, 0) is 6.54 Å². The molecule has 0 saturated carbocycles. The summed E-state index contributed by atoms with van der Waals surface area (Å²) < 4.78 is 1.16. The van der Waals surface area contributed by atoms with Crippen LogP contribution in [0.3, 0.4) is 0 Å². The Morgan fingerprint density at radius 3 is 3.07 bits per heavy atom. The van der Waals surface area contributed by atoms with Gasteiger partial charge in [-0.05, 0) is 28.1 Å². The predicted octanol–water partition coefficient (Wildman–Crippen LogP) is 3.43. The summed E-state index contributed by atoms with van der Waals surface area (Å²) in [5.74, 6) is 0. The average molecular weight is 292 g/mol. The second kappa shape index (κ2) is 4.47. The fourth-order valence-corrected chi connectivity index (χ4v) is 2.94. The Bertz CT molecular complexity index is 386. The van der Waals surface area contributed by atoms with Crippen molar-refractivity contribution >= 4 is 45.2 Å². The third-order valence-corrected chi connectivity index (χ3v) is 3.61. The quantitative estimate of drug-likeness (QED) is 0.815. The normalized spacial score (nSPS) is 15.9. The molecule has 5 heteroatoms. The highest BCUT2D eigenvalue weighted by molar-refractivity contribution is 9.11. The summed E-state index contributed by atoms with van der Waals surface area (Å²) >= 11 is 11.1. The van der Waals surface area contributed by atoms with Gasteiger partial charge >= 0.3 is 0 Å². The van der Waals surface area contributed by atoms with E-state index in [1.54, 1.807) is 17.5 Å². The monoisotopic (exact) mass is 290 g/mol. The van der Waals surface area contributed by atoms with Crippen LogP contribution < -0.4 is 0 Å². The first kappa shape index (κ1) is 10.2. The fourth-order valence-electron chi connectivity index (χ4n) is 1.22. The van der Waals surface area contributed by atoms with Gasteiger partial charge in [-0.15, -0.1) is 11.3 Å². The number of nitrogens with zero attached hydrogens (tertiary/aromatic N) is 2. The molecule has 1 aromatic heterocycles. The smallest absolute Gasteiger partial charge is 0.0912 e. The zero-order chi connectivity index (χ0) is 9.97. The van der Waals surface area contributed by atoms with Crippen molar-refractivity contribution in [2.24, 2.45) is 4.99 Å². The van der Waals surface area contributed by atoms with Crippen LogP contribution in [0.25, 0.3) is 0 Å². The summed E-state index contributed by atoms with van der Waals surface area (Å²) in [6, 6.07) is 4.16. The lowest BCUT2D eigenvalue weighted by molar-refractivity contribution is 0.466. The lowest BCUT2D eigenvalue weighted by Crippen LogP contribution is -2.24. The van der Waals surface area contributed by atoms with E-state index in [2.05, 4.69) is 38.0 Å². The molecule has 0 atom stereocenters. The Morgan fingerprint density at radius 2 is 2.43 bits per heavy atom. The van der Waals surface area contributed by atoms with E-state index in [1.165, 1.54) is 4.88 Å². The summed E-state index contributed by atoms with van der Waals surface area (Å²) in [7, 11) is 0. The van der Waals surface area contributed by atoms with Crippen LogP contribution in [0.2, 0.25) is 0 Å². The highest BCUT2D eigenvalue weighted by Crippen LogP contribution is 2.23. The van der Waals surface area contributed by atoms with Crippen molar-refractivity contribution < 1.29 is 0 Å². The highest BCUT2D eigenvalue weighted by atomic mass is 79.9. The van der Waals surface area contributed by atoms with Crippen LogP contribution in [0.4, 0.5) is 0 Å². The number of halogens is 2. The number of hydrogen-bond donors (Lipinski definition) is 0. The standard InChI is InChI=1S/C9H8BrClN2S/c10-9-2-1-8(14-9)5-13-4-7(11)3-12-6-13/h1-3,6H,4-5H2. The second-order valence-corrected chi connectivity index (χ2v) is 5.98. The van der Waals surface area contributed by atoms with E-state index in [0.717, 1.165) is 21.9 Å². The lowest BCUT2D eigenvalue weighted by Gasteiger charge is -2.20. The first-order valence-electron chi connectivity index (χ1n) is 4.10. The molecule has 1 aliphatic heterocycles. The zero-order valence-corrected chi connectivity index (χ0v) is 10.4. The molecule has 0 bridgehead atoms. The molecule has 0 saturated heterocycles. The van der Waals surface area contributed by atoms with Crippen LogP contribution in [0.15, 0.2) is 32.1 Å². The van der Waals surface area contributed by atoms with E-state index in [4.69, 9.17) is 11.6 Å².